The fourth-order valence-corrected chi connectivity index (χ4v) is 3.14. The van der Waals surface area contributed by atoms with Gasteiger partial charge in [-0.2, -0.15) is 0 Å². The molecule has 1 heterocycles. The van der Waals surface area contributed by atoms with Crippen LogP contribution in [-0.4, -0.2) is 30.2 Å². The summed E-state index contributed by atoms with van der Waals surface area (Å²) in [5, 5.41) is 2.99. The molecule has 0 bridgehead atoms. The van der Waals surface area contributed by atoms with Crippen LogP contribution >= 0.6 is 0 Å². The highest BCUT2D eigenvalue weighted by molar-refractivity contribution is 5.97. The second kappa shape index (κ2) is 9.02. The first-order valence-electron chi connectivity index (χ1n) is 8.70. The van der Waals surface area contributed by atoms with Crippen molar-refractivity contribution in [1.29, 1.82) is 0 Å². The van der Waals surface area contributed by atoms with E-state index in [2.05, 4.69) is 38.0 Å². The van der Waals surface area contributed by atoms with Crippen LogP contribution in [0.5, 0.6) is 5.88 Å². The highest BCUT2D eigenvalue weighted by atomic mass is 16.5. The van der Waals surface area contributed by atoms with Gasteiger partial charge in [0.1, 0.15) is 5.60 Å². The predicted octanol–water partition coefficient (Wildman–Crippen LogP) is 4.20. The Balaban J connectivity index is 3.07. The van der Waals surface area contributed by atoms with E-state index in [1.165, 1.54) is 0 Å². The number of pyridine rings is 1. The Labute approximate surface area is 146 Å². The number of hydrogen-bond donors (Lipinski definition) is 1. The smallest absolute Gasteiger partial charge is 0.256 e. The molecule has 0 aromatic carbocycles. The summed E-state index contributed by atoms with van der Waals surface area (Å²) in [7, 11) is 1.58. The maximum Gasteiger partial charge on any atom is 0.256 e. The zero-order valence-electron chi connectivity index (χ0n) is 16.1. The first kappa shape index (κ1) is 20.4. The predicted molar refractivity (Wildman–Crippen MR) is 97.4 cm³/mol. The van der Waals surface area contributed by atoms with Crippen LogP contribution in [0.15, 0.2) is 12.3 Å². The Morgan fingerprint density at radius 1 is 1.25 bits per heavy atom. The number of rotatable bonds is 9. The lowest BCUT2D eigenvalue weighted by atomic mass is 9.83. The molecule has 1 aromatic heterocycles. The minimum atomic E-state index is -0.815. The second-order valence-corrected chi connectivity index (χ2v) is 7.13. The number of anilines is 1. The zero-order chi connectivity index (χ0) is 18.3. The molecule has 1 aromatic rings. The normalized spacial score (nSPS) is 11.9. The molecule has 1 amide bonds. The number of aromatic nitrogens is 1. The van der Waals surface area contributed by atoms with Gasteiger partial charge in [0.05, 0.1) is 19.0 Å². The van der Waals surface area contributed by atoms with Crippen molar-refractivity contribution in [3.05, 3.63) is 17.8 Å². The Morgan fingerprint density at radius 3 is 2.25 bits per heavy atom. The average molecular weight is 336 g/mol. The van der Waals surface area contributed by atoms with Crippen LogP contribution in [0.3, 0.4) is 0 Å². The standard InChI is InChI=1S/C19H32N2O3/c1-8-24-19(10-13(2)3,11-14(4)5)18(22)21-16-9-15(6)17(23-7)20-12-16/h9,12-14H,8,10-11H2,1-7H3,(H,21,22). The number of ether oxygens (including phenoxy) is 2. The van der Waals surface area contributed by atoms with Crippen molar-refractivity contribution >= 4 is 11.6 Å². The number of methoxy groups -OCH3 is 1. The van der Waals surface area contributed by atoms with Gasteiger partial charge in [-0.3, -0.25) is 4.79 Å². The summed E-state index contributed by atoms with van der Waals surface area (Å²) in [6, 6.07) is 1.87. The Bertz CT molecular complexity index is 531. The van der Waals surface area contributed by atoms with Gasteiger partial charge in [0, 0.05) is 12.2 Å². The molecule has 0 aliphatic carbocycles. The Hall–Kier alpha value is -1.62. The van der Waals surface area contributed by atoms with Crippen molar-refractivity contribution < 1.29 is 14.3 Å². The summed E-state index contributed by atoms with van der Waals surface area (Å²) in [5.74, 6) is 1.18. The maximum atomic E-state index is 13.1. The quantitative estimate of drug-likeness (QED) is 0.734. The summed E-state index contributed by atoms with van der Waals surface area (Å²) in [5.41, 5.74) is 0.727. The molecule has 136 valence electrons. The molecule has 0 unspecified atom stereocenters. The number of amides is 1. The molecule has 0 radical (unpaired) electrons. The van der Waals surface area contributed by atoms with E-state index in [4.69, 9.17) is 9.47 Å². The SMILES string of the molecule is CCOC(CC(C)C)(CC(C)C)C(=O)Nc1cnc(OC)c(C)c1. The fraction of sp³-hybridized carbons (Fsp3) is 0.684. The van der Waals surface area contributed by atoms with E-state index in [0.717, 1.165) is 5.56 Å². The van der Waals surface area contributed by atoms with Crippen molar-refractivity contribution in [1.82, 2.24) is 4.98 Å². The molecule has 0 fully saturated rings. The third-order valence-electron chi connectivity index (χ3n) is 3.79. The van der Waals surface area contributed by atoms with Crippen LogP contribution in [0.25, 0.3) is 0 Å². The van der Waals surface area contributed by atoms with Gasteiger partial charge in [0.15, 0.2) is 0 Å². The molecule has 0 saturated carbocycles. The summed E-state index contributed by atoms with van der Waals surface area (Å²) < 4.78 is 11.2. The third kappa shape index (κ3) is 5.48. The lowest BCUT2D eigenvalue weighted by molar-refractivity contribution is -0.146. The molecule has 0 saturated heterocycles. The molecule has 1 rings (SSSR count). The van der Waals surface area contributed by atoms with Gasteiger partial charge in [-0.15, -0.1) is 0 Å². The van der Waals surface area contributed by atoms with Crippen LogP contribution < -0.4 is 10.1 Å². The summed E-state index contributed by atoms with van der Waals surface area (Å²) in [6.45, 7) is 12.8. The van der Waals surface area contributed by atoms with Gasteiger partial charge in [-0.1, -0.05) is 27.7 Å². The lowest BCUT2D eigenvalue weighted by Gasteiger charge is -2.35. The van der Waals surface area contributed by atoms with Crippen LogP contribution in [0.1, 0.15) is 53.0 Å². The molecule has 1 N–H and O–H groups in total. The van der Waals surface area contributed by atoms with Crippen molar-refractivity contribution in [3.63, 3.8) is 0 Å². The minimum absolute atomic E-state index is 0.0990. The van der Waals surface area contributed by atoms with Gasteiger partial charge in [0.25, 0.3) is 5.91 Å². The van der Waals surface area contributed by atoms with Crippen molar-refractivity contribution in [2.24, 2.45) is 11.8 Å². The number of nitrogens with zero attached hydrogens (tertiary/aromatic N) is 1. The molecular formula is C19H32N2O3. The van der Waals surface area contributed by atoms with Gasteiger partial charge in [0.2, 0.25) is 5.88 Å². The molecule has 0 atom stereocenters. The summed E-state index contributed by atoms with van der Waals surface area (Å²) in [4.78, 5) is 17.3. The highest BCUT2D eigenvalue weighted by Gasteiger charge is 2.40. The lowest BCUT2D eigenvalue weighted by Crippen LogP contribution is -2.47. The summed E-state index contributed by atoms with van der Waals surface area (Å²) in [6.07, 6.45) is 2.99. The van der Waals surface area contributed by atoms with Crippen molar-refractivity contribution in [2.45, 2.75) is 60.0 Å². The molecule has 0 aliphatic heterocycles. The topological polar surface area (TPSA) is 60.5 Å². The van der Waals surface area contributed by atoms with Crippen LogP contribution in [0, 0.1) is 18.8 Å². The fourth-order valence-electron chi connectivity index (χ4n) is 3.14. The van der Waals surface area contributed by atoms with Gasteiger partial charge < -0.3 is 14.8 Å². The van der Waals surface area contributed by atoms with E-state index >= 15 is 0 Å². The van der Waals surface area contributed by atoms with Gasteiger partial charge in [-0.05, 0) is 44.6 Å². The van der Waals surface area contributed by atoms with E-state index in [-0.39, 0.29) is 5.91 Å². The molecular weight excluding hydrogens is 304 g/mol. The Morgan fingerprint density at radius 2 is 1.83 bits per heavy atom. The van der Waals surface area contributed by atoms with E-state index in [0.29, 0.717) is 42.9 Å². The summed E-state index contributed by atoms with van der Waals surface area (Å²) >= 11 is 0. The van der Waals surface area contributed by atoms with Crippen LogP contribution in [0.2, 0.25) is 0 Å². The van der Waals surface area contributed by atoms with Crippen molar-refractivity contribution in [2.75, 3.05) is 19.0 Å². The molecule has 0 aliphatic rings. The molecule has 5 nitrogen and oxygen atoms in total. The van der Waals surface area contributed by atoms with Gasteiger partial charge in [-0.25, -0.2) is 4.98 Å². The van der Waals surface area contributed by atoms with E-state index in [1.807, 2.05) is 19.9 Å². The third-order valence-corrected chi connectivity index (χ3v) is 3.79. The monoisotopic (exact) mass is 336 g/mol. The number of aryl methyl sites for hydroxylation is 1. The molecule has 5 heteroatoms. The van der Waals surface area contributed by atoms with Crippen LogP contribution in [-0.2, 0) is 9.53 Å². The van der Waals surface area contributed by atoms with Crippen molar-refractivity contribution in [3.8, 4) is 5.88 Å². The minimum Gasteiger partial charge on any atom is -0.481 e. The first-order chi connectivity index (χ1) is 11.2. The van der Waals surface area contributed by atoms with E-state index in [1.54, 1.807) is 13.3 Å². The average Bonchev–Trinajstić information content (AvgIpc) is 2.46. The largest absolute Gasteiger partial charge is 0.481 e. The van der Waals surface area contributed by atoms with Gasteiger partial charge >= 0.3 is 0 Å². The first-order valence-corrected chi connectivity index (χ1v) is 8.70. The number of carbonyl (C=O) groups excluding carboxylic acids is 1. The van der Waals surface area contributed by atoms with E-state index < -0.39 is 5.60 Å². The van der Waals surface area contributed by atoms with Crippen LogP contribution in [0.4, 0.5) is 5.69 Å². The second-order valence-electron chi connectivity index (χ2n) is 7.13. The Kier molecular flexibility index (Phi) is 7.67. The number of hydrogen-bond acceptors (Lipinski definition) is 4. The molecule has 0 spiro atoms. The molecule has 24 heavy (non-hydrogen) atoms. The maximum absolute atomic E-state index is 13.1. The number of carbonyl (C=O) groups is 1. The zero-order valence-corrected chi connectivity index (χ0v) is 16.1. The highest BCUT2D eigenvalue weighted by Crippen LogP contribution is 2.31. The number of nitrogens with one attached hydrogen (secondary N) is 1. The van der Waals surface area contributed by atoms with E-state index in [9.17, 15) is 4.79 Å².